The molecular formula is C14H25NO3. The van der Waals surface area contributed by atoms with Crippen LogP contribution in [0.4, 0.5) is 0 Å². The maximum absolute atomic E-state index is 11.2. The van der Waals surface area contributed by atoms with E-state index in [1.807, 2.05) is 26.8 Å². The fourth-order valence-electron chi connectivity index (χ4n) is 1.92. The smallest absolute Gasteiger partial charge is 0.333 e. The van der Waals surface area contributed by atoms with Gasteiger partial charge in [-0.3, -0.25) is 0 Å². The molecule has 0 spiro atoms. The van der Waals surface area contributed by atoms with Crippen LogP contribution < -0.4 is 5.32 Å². The van der Waals surface area contributed by atoms with E-state index in [1.54, 1.807) is 0 Å². The lowest BCUT2D eigenvalue weighted by Gasteiger charge is -2.08. The normalized spacial score (nSPS) is 24.6. The molecule has 1 aliphatic heterocycles. The van der Waals surface area contributed by atoms with Gasteiger partial charge in [0.2, 0.25) is 0 Å². The zero-order chi connectivity index (χ0) is 13.5. The zero-order valence-electron chi connectivity index (χ0n) is 11.6. The van der Waals surface area contributed by atoms with Crippen LogP contribution in [0.1, 0.15) is 46.5 Å². The van der Waals surface area contributed by atoms with Gasteiger partial charge in [-0.15, -0.1) is 0 Å². The van der Waals surface area contributed by atoms with E-state index in [9.17, 15) is 4.79 Å². The van der Waals surface area contributed by atoms with E-state index in [-0.39, 0.29) is 12.1 Å². The molecule has 4 nitrogen and oxygen atoms in total. The van der Waals surface area contributed by atoms with Crippen LogP contribution in [0.25, 0.3) is 0 Å². The molecule has 0 bridgehead atoms. The molecule has 104 valence electrons. The van der Waals surface area contributed by atoms with E-state index in [4.69, 9.17) is 9.84 Å². The summed E-state index contributed by atoms with van der Waals surface area (Å²) in [7, 11) is 0. The largest absolute Gasteiger partial charge is 0.463 e. The van der Waals surface area contributed by atoms with Crippen molar-refractivity contribution in [2.45, 2.75) is 64.6 Å². The molecule has 0 amide bonds. The third-order valence-electron chi connectivity index (χ3n) is 3.34. The van der Waals surface area contributed by atoms with Crippen molar-refractivity contribution in [1.82, 2.24) is 5.32 Å². The van der Waals surface area contributed by atoms with Crippen molar-refractivity contribution in [3.63, 3.8) is 0 Å². The topological polar surface area (TPSA) is 68.5 Å². The molecule has 4 heteroatoms. The van der Waals surface area contributed by atoms with Gasteiger partial charge in [-0.25, -0.2) is 4.79 Å². The van der Waals surface area contributed by atoms with Gasteiger partial charge in [0.05, 0.1) is 12.7 Å². The number of esters is 1. The Bertz CT molecular complexity index is 297. The second-order valence-electron chi connectivity index (χ2n) is 4.74. The average molecular weight is 255 g/mol. The highest BCUT2D eigenvalue weighted by molar-refractivity contribution is 5.89. The monoisotopic (exact) mass is 255 g/mol. The summed E-state index contributed by atoms with van der Waals surface area (Å²) in [5, 5.41) is 12.0. The Labute approximate surface area is 109 Å². The number of nitrogens with one attached hydrogen (secondary N) is 1. The van der Waals surface area contributed by atoms with Crippen LogP contribution in [0.3, 0.4) is 0 Å². The van der Waals surface area contributed by atoms with Gasteiger partial charge in [-0.2, -0.15) is 0 Å². The number of hydrogen-bond acceptors (Lipinski definition) is 4. The first kappa shape index (κ1) is 15.2. The lowest BCUT2D eigenvalue weighted by atomic mass is 10.00. The summed E-state index contributed by atoms with van der Waals surface area (Å²) >= 11 is 0. The van der Waals surface area contributed by atoms with Gasteiger partial charge in [0.15, 0.2) is 0 Å². The van der Waals surface area contributed by atoms with Crippen LogP contribution in [-0.2, 0) is 9.53 Å². The van der Waals surface area contributed by atoms with E-state index in [1.165, 1.54) is 0 Å². The number of carbonyl (C=O) groups excluding carboxylic acids is 1. The number of rotatable bonds is 4. The summed E-state index contributed by atoms with van der Waals surface area (Å²) in [6.45, 7) is 6.26. The molecule has 1 saturated heterocycles. The molecule has 18 heavy (non-hydrogen) atoms. The Morgan fingerprint density at radius 3 is 2.56 bits per heavy atom. The van der Waals surface area contributed by atoms with Gasteiger partial charge in [0.1, 0.15) is 0 Å². The molecular weight excluding hydrogens is 230 g/mol. The van der Waals surface area contributed by atoms with Gasteiger partial charge in [0, 0.05) is 17.7 Å². The number of aliphatic hydroxyl groups excluding tert-OH is 1. The molecule has 0 unspecified atom stereocenters. The summed E-state index contributed by atoms with van der Waals surface area (Å²) in [6, 6.07) is 1.19. The summed E-state index contributed by atoms with van der Waals surface area (Å²) in [5.41, 5.74) is 0.850. The fraction of sp³-hybridized carbons (Fsp3) is 0.786. The van der Waals surface area contributed by atoms with Gasteiger partial charge in [-0.05, 0) is 32.6 Å². The van der Waals surface area contributed by atoms with Crippen molar-refractivity contribution in [1.29, 1.82) is 0 Å². The first-order valence-corrected chi connectivity index (χ1v) is 6.92. The lowest BCUT2D eigenvalue weighted by Crippen LogP contribution is -2.13. The second kappa shape index (κ2) is 7.54. The predicted molar refractivity (Wildman–Crippen MR) is 71.3 cm³/mol. The first-order chi connectivity index (χ1) is 8.62. The molecule has 1 heterocycles. The Morgan fingerprint density at radius 2 is 2.11 bits per heavy atom. The highest BCUT2D eigenvalue weighted by atomic mass is 16.5. The third-order valence-corrected chi connectivity index (χ3v) is 3.34. The Hall–Kier alpha value is -0.870. The SMILES string of the molecule is CCC(O)CC.CCOC(=O)C1=CC[C@@H]2N[C@@H]2C1. The molecule has 2 atom stereocenters. The second-order valence-corrected chi connectivity index (χ2v) is 4.74. The molecule has 0 aromatic rings. The van der Waals surface area contributed by atoms with Crippen molar-refractivity contribution < 1.29 is 14.6 Å². The third kappa shape index (κ3) is 4.78. The molecule has 0 saturated carbocycles. The van der Waals surface area contributed by atoms with Gasteiger partial charge in [0.25, 0.3) is 0 Å². The predicted octanol–water partition coefficient (Wildman–Crippen LogP) is 1.78. The van der Waals surface area contributed by atoms with Crippen molar-refractivity contribution in [2.75, 3.05) is 6.61 Å². The van der Waals surface area contributed by atoms with E-state index in [0.29, 0.717) is 18.7 Å². The van der Waals surface area contributed by atoms with E-state index >= 15 is 0 Å². The highest BCUT2D eigenvalue weighted by Crippen LogP contribution is 2.28. The highest BCUT2D eigenvalue weighted by Gasteiger charge is 2.39. The van der Waals surface area contributed by atoms with E-state index < -0.39 is 0 Å². The summed E-state index contributed by atoms with van der Waals surface area (Å²) in [4.78, 5) is 11.2. The van der Waals surface area contributed by atoms with Crippen LogP contribution >= 0.6 is 0 Å². The summed E-state index contributed by atoms with van der Waals surface area (Å²) in [5.74, 6) is -0.135. The number of aliphatic hydroxyl groups is 1. The van der Waals surface area contributed by atoms with Crippen molar-refractivity contribution in [3.8, 4) is 0 Å². The van der Waals surface area contributed by atoms with Crippen LogP contribution in [0, 0.1) is 0 Å². The van der Waals surface area contributed by atoms with Gasteiger partial charge < -0.3 is 15.2 Å². The van der Waals surface area contributed by atoms with E-state index in [0.717, 1.165) is 31.3 Å². The van der Waals surface area contributed by atoms with Gasteiger partial charge in [-0.1, -0.05) is 19.9 Å². The van der Waals surface area contributed by atoms with E-state index in [2.05, 4.69) is 5.32 Å². The van der Waals surface area contributed by atoms with Gasteiger partial charge >= 0.3 is 5.97 Å². The summed E-state index contributed by atoms with van der Waals surface area (Å²) in [6.07, 6.45) is 5.54. The molecule has 1 aliphatic carbocycles. The van der Waals surface area contributed by atoms with Crippen molar-refractivity contribution in [2.24, 2.45) is 0 Å². The minimum absolute atomic E-state index is 0.0648. The molecule has 2 N–H and O–H groups in total. The number of ether oxygens (including phenoxy) is 1. The molecule has 2 aliphatic rings. The minimum Gasteiger partial charge on any atom is -0.463 e. The molecule has 0 aromatic heterocycles. The lowest BCUT2D eigenvalue weighted by molar-refractivity contribution is -0.138. The minimum atomic E-state index is -0.135. The van der Waals surface area contributed by atoms with Crippen LogP contribution in [0.5, 0.6) is 0 Å². The maximum Gasteiger partial charge on any atom is 0.333 e. The van der Waals surface area contributed by atoms with Crippen LogP contribution in [0.2, 0.25) is 0 Å². The fourth-order valence-corrected chi connectivity index (χ4v) is 1.92. The Morgan fingerprint density at radius 1 is 1.44 bits per heavy atom. The Balaban J connectivity index is 0.000000232. The summed E-state index contributed by atoms with van der Waals surface area (Å²) < 4.78 is 4.91. The number of fused-ring (bicyclic) bond motifs is 1. The average Bonchev–Trinajstić information content (AvgIpc) is 3.17. The number of hydrogen-bond donors (Lipinski definition) is 2. The zero-order valence-corrected chi connectivity index (χ0v) is 11.6. The number of carbonyl (C=O) groups is 1. The Kier molecular flexibility index (Phi) is 6.36. The molecule has 2 rings (SSSR count). The molecule has 1 fully saturated rings. The van der Waals surface area contributed by atoms with Crippen molar-refractivity contribution in [3.05, 3.63) is 11.6 Å². The standard InChI is InChI=1S/C9H13NO2.C5H12O/c1-2-12-9(11)6-3-4-7-8(5-6)10-7;1-3-5(6)4-2/h3,7-8,10H,2,4-5H2,1H3;5-6H,3-4H2,1-2H3/t7-,8+;/m0./s1. The molecule has 0 radical (unpaired) electrons. The molecule has 0 aromatic carbocycles. The first-order valence-electron chi connectivity index (χ1n) is 6.92. The maximum atomic E-state index is 11.2. The quantitative estimate of drug-likeness (QED) is 0.593. The van der Waals surface area contributed by atoms with Crippen LogP contribution in [-0.4, -0.2) is 35.9 Å². The van der Waals surface area contributed by atoms with Crippen LogP contribution in [0.15, 0.2) is 11.6 Å². The van der Waals surface area contributed by atoms with Crippen molar-refractivity contribution >= 4 is 5.97 Å².